The van der Waals surface area contributed by atoms with Gasteiger partial charge in [-0.2, -0.15) is 15.0 Å². The van der Waals surface area contributed by atoms with Gasteiger partial charge < -0.3 is 15.1 Å². The molecule has 0 atom stereocenters. The van der Waals surface area contributed by atoms with Crippen molar-refractivity contribution in [2.24, 2.45) is 5.41 Å². The Balaban J connectivity index is 2.25. The number of hydrogen-bond acceptors (Lipinski definition) is 6. The van der Waals surface area contributed by atoms with Crippen molar-refractivity contribution in [1.29, 1.82) is 0 Å². The smallest absolute Gasteiger partial charge is 0.231 e. The van der Waals surface area contributed by atoms with Crippen LogP contribution in [0.1, 0.15) is 33.1 Å². The molecule has 2 rings (SSSR count). The van der Waals surface area contributed by atoms with Crippen molar-refractivity contribution < 1.29 is 0 Å². The molecule has 1 N–H and O–H groups in total. The van der Waals surface area contributed by atoms with E-state index in [1.54, 1.807) is 0 Å². The largest absolute Gasteiger partial charge is 0.357 e. The van der Waals surface area contributed by atoms with Gasteiger partial charge in [-0.25, -0.2) is 0 Å². The van der Waals surface area contributed by atoms with Crippen molar-refractivity contribution in [3.63, 3.8) is 0 Å². The van der Waals surface area contributed by atoms with E-state index in [-0.39, 0.29) is 0 Å². The molecule has 1 fully saturated rings. The molecule has 1 aromatic rings. The van der Waals surface area contributed by atoms with Crippen LogP contribution in [0.15, 0.2) is 0 Å². The summed E-state index contributed by atoms with van der Waals surface area (Å²) < 4.78 is 0. The maximum absolute atomic E-state index is 4.58. The van der Waals surface area contributed by atoms with Crippen LogP contribution in [0.3, 0.4) is 0 Å². The van der Waals surface area contributed by atoms with Crippen LogP contribution in [-0.2, 0) is 0 Å². The molecule has 1 aliphatic heterocycles. The lowest BCUT2D eigenvalue weighted by molar-refractivity contribution is 0.325. The first-order valence-corrected chi connectivity index (χ1v) is 7.27. The molecule has 0 bridgehead atoms. The summed E-state index contributed by atoms with van der Waals surface area (Å²) in [6.45, 7) is 6.71. The van der Waals surface area contributed by atoms with Gasteiger partial charge in [0.05, 0.1) is 0 Å². The van der Waals surface area contributed by atoms with Crippen LogP contribution in [0.25, 0.3) is 0 Å². The van der Waals surface area contributed by atoms with Crippen molar-refractivity contribution in [3.8, 4) is 0 Å². The Morgan fingerprint density at radius 2 is 1.85 bits per heavy atom. The zero-order chi connectivity index (χ0) is 14.8. The molecule has 112 valence electrons. The summed E-state index contributed by atoms with van der Waals surface area (Å²) in [5.41, 5.74) is 0.415. The van der Waals surface area contributed by atoms with Gasteiger partial charge in [-0.05, 0) is 24.7 Å². The zero-order valence-corrected chi connectivity index (χ0v) is 13.3. The number of nitrogens with zero attached hydrogens (tertiary/aromatic N) is 5. The number of aromatic nitrogens is 3. The Morgan fingerprint density at radius 3 is 2.50 bits per heavy atom. The Kier molecular flexibility index (Phi) is 4.30. The first-order valence-electron chi connectivity index (χ1n) is 7.27. The molecule has 2 heterocycles. The van der Waals surface area contributed by atoms with E-state index in [0.717, 1.165) is 19.0 Å². The summed E-state index contributed by atoms with van der Waals surface area (Å²) in [5, 5.41) is 3.02. The van der Waals surface area contributed by atoms with E-state index in [1.165, 1.54) is 19.3 Å². The minimum absolute atomic E-state index is 0.415. The fraction of sp³-hybridized carbons (Fsp3) is 0.786. The van der Waals surface area contributed by atoms with Gasteiger partial charge in [-0.3, -0.25) is 0 Å². The SMILES string of the molecule is CNc1nc(N(C)C)nc(N2CCCC(C)(C)CC2)n1. The molecule has 6 heteroatoms. The van der Waals surface area contributed by atoms with Gasteiger partial charge in [0.2, 0.25) is 17.8 Å². The normalized spacial score (nSPS) is 18.6. The van der Waals surface area contributed by atoms with Crippen molar-refractivity contribution in [2.45, 2.75) is 33.1 Å². The third-order valence-corrected chi connectivity index (χ3v) is 3.86. The van der Waals surface area contributed by atoms with Crippen LogP contribution < -0.4 is 15.1 Å². The predicted octanol–water partition coefficient (Wildman–Crippen LogP) is 2.00. The lowest BCUT2D eigenvalue weighted by Crippen LogP contribution is -2.28. The highest BCUT2D eigenvalue weighted by Gasteiger charge is 2.24. The quantitative estimate of drug-likeness (QED) is 0.912. The van der Waals surface area contributed by atoms with Crippen molar-refractivity contribution in [3.05, 3.63) is 0 Å². The van der Waals surface area contributed by atoms with Crippen LogP contribution in [0.4, 0.5) is 17.8 Å². The molecule has 1 saturated heterocycles. The molecule has 20 heavy (non-hydrogen) atoms. The van der Waals surface area contributed by atoms with E-state index < -0.39 is 0 Å². The second-order valence-electron chi connectivity index (χ2n) is 6.41. The van der Waals surface area contributed by atoms with E-state index in [2.05, 4.69) is 39.0 Å². The number of anilines is 3. The second kappa shape index (κ2) is 5.81. The lowest BCUT2D eigenvalue weighted by Gasteiger charge is -2.24. The molecule has 1 aromatic heterocycles. The van der Waals surface area contributed by atoms with Gasteiger partial charge in [-0.15, -0.1) is 0 Å². The number of hydrogen-bond donors (Lipinski definition) is 1. The molecule has 0 saturated carbocycles. The number of rotatable bonds is 3. The molecule has 0 unspecified atom stereocenters. The van der Waals surface area contributed by atoms with Gasteiger partial charge in [0.15, 0.2) is 0 Å². The highest BCUT2D eigenvalue weighted by Crippen LogP contribution is 2.31. The second-order valence-corrected chi connectivity index (χ2v) is 6.41. The standard InChI is InChI=1S/C14H26N6/c1-14(2)7-6-9-20(10-8-14)13-17-11(15-3)16-12(18-13)19(4)5/h6-10H2,1-5H3,(H,15,16,17,18). The van der Waals surface area contributed by atoms with Gasteiger partial charge in [-0.1, -0.05) is 13.8 Å². The molecule has 0 aliphatic carbocycles. The van der Waals surface area contributed by atoms with E-state index in [0.29, 0.717) is 17.3 Å². The summed E-state index contributed by atoms with van der Waals surface area (Å²) in [7, 11) is 5.73. The Labute approximate surface area is 121 Å². The summed E-state index contributed by atoms with van der Waals surface area (Å²) in [4.78, 5) is 17.7. The fourth-order valence-corrected chi connectivity index (χ4v) is 2.43. The minimum Gasteiger partial charge on any atom is -0.357 e. The molecule has 6 nitrogen and oxygen atoms in total. The maximum Gasteiger partial charge on any atom is 0.231 e. The Morgan fingerprint density at radius 1 is 1.10 bits per heavy atom. The van der Waals surface area contributed by atoms with Gasteiger partial charge in [0.1, 0.15) is 0 Å². The molecular formula is C14H26N6. The molecule has 1 aliphatic rings. The highest BCUT2D eigenvalue weighted by atomic mass is 15.3. The summed E-state index contributed by atoms with van der Waals surface area (Å²) in [5.74, 6) is 2.11. The Hall–Kier alpha value is -1.59. The first kappa shape index (κ1) is 14.8. The van der Waals surface area contributed by atoms with E-state index >= 15 is 0 Å². The van der Waals surface area contributed by atoms with E-state index in [1.807, 2.05) is 26.0 Å². The van der Waals surface area contributed by atoms with Gasteiger partial charge in [0, 0.05) is 34.2 Å². The zero-order valence-electron chi connectivity index (χ0n) is 13.3. The highest BCUT2D eigenvalue weighted by molar-refractivity contribution is 5.44. The third kappa shape index (κ3) is 3.49. The number of nitrogens with one attached hydrogen (secondary N) is 1. The van der Waals surface area contributed by atoms with Crippen LogP contribution in [0.2, 0.25) is 0 Å². The average molecular weight is 278 g/mol. The minimum atomic E-state index is 0.415. The summed E-state index contributed by atoms with van der Waals surface area (Å²) >= 11 is 0. The van der Waals surface area contributed by atoms with Crippen LogP contribution in [0, 0.1) is 5.41 Å². The monoisotopic (exact) mass is 278 g/mol. The molecule has 0 amide bonds. The first-order chi connectivity index (χ1) is 9.41. The maximum atomic E-state index is 4.58. The van der Waals surface area contributed by atoms with Gasteiger partial charge in [0.25, 0.3) is 0 Å². The molecule has 0 aromatic carbocycles. The third-order valence-electron chi connectivity index (χ3n) is 3.86. The average Bonchev–Trinajstić information content (AvgIpc) is 2.59. The Bertz CT molecular complexity index is 457. The van der Waals surface area contributed by atoms with Crippen molar-refractivity contribution in [1.82, 2.24) is 15.0 Å². The van der Waals surface area contributed by atoms with Crippen molar-refractivity contribution in [2.75, 3.05) is 49.3 Å². The molecule has 0 radical (unpaired) electrons. The van der Waals surface area contributed by atoms with E-state index in [9.17, 15) is 0 Å². The topological polar surface area (TPSA) is 57.2 Å². The van der Waals surface area contributed by atoms with Crippen LogP contribution >= 0.6 is 0 Å². The van der Waals surface area contributed by atoms with Crippen LogP contribution in [0.5, 0.6) is 0 Å². The van der Waals surface area contributed by atoms with Crippen LogP contribution in [-0.4, -0.2) is 49.2 Å². The van der Waals surface area contributed by atoms with Crippen molar-refractivity contribution >= 4 is 17.8 Å². The summed E-state index contributed by atoms with van der Waals surface area (Å²) in [6.07, 6.45) is 3.61. The summed E-state index contributed by atoms with van der Waals surface area (Å²) in [6, 6.07) is 0. The predicted molar refractivity (Wildman–Crippen MR) is 83.5 cm³/mol. The van der Waals surface area contributed by atoms with E-state index in [4.69, 9.17) is 0 Å². The fourth-order valence-electron chi connectivity index (χ4n) is 2.43. The lowest BCUT2D eigenvalue weighted by atomic mass is 9.85. The molecule has 0 spiro atoms. The van der Waals surface area contributed by atoms with Gasteiger partial charge >= 0.3 is 0 Å². The molecular weight excluding hydrogens is 252 g/mol.